The summed E-state index contributed by atoms with van der Waals surface area (Å²) in [4.78, 5) is 0. The molecule has 0 spiro atoms. The van der Waals surface area contributed by atoms with Gasteiger partial charge in [0.1, 0.15) is 5.82 Å². The quantitative estimate of drug-likeness (QED) is 0.806. The van der Waals surface area contributed by atoms with Crippen LogP contribution in [0.4, 0.5) is 4.39 Å². The normalized spacial score (nSPS) is 25.0. The van der Waals surface area contributed by atoms with Gasteiger partial charge in [-0.05, 0) is 36.8 Å². The molecule has 2 N–H and O–H groups in total. The van der Waals surface area contributed by atoms with E-state index in [1.54, 1.807) is 6.07 Å². The Morgan fingerprint density at radius 2 is 1.93 bits per heavy atom. The van der Waals surface area contributed by atoms with E-state index in [9.17, 15) is 4.39 Å². The summed E-state index contributed by atoms with van der Waals surface area (Å²) in [6.07, 6.45) is 2.95. The summed E-state index contributed by atoms with van der Waals surface area (Å²) in [7, 11) is 0. The van der Waals surface area contributed by atoms with Gasteiger partial charge in [-0.15, -0.1) is 12.4 Å². The monoisotopic (exact) mass is 215 g/mol. The van der Waals surface area contributed by atoms with Crippen LogP contribution in [0.5, 0.6) is 0 Å². The summed E-state index contributed by atoms with van der Waals surface area (Å²) in [6, 6.07) is 7.35. The minimum Gasteiger partial charge on any atom is -0.328 e. The predicted octanol–water partition coefficient (Wildman–Crippen LogP) is 2.53. The van der Waals surface area contributed by atoms with E-state index >= 15 is 0 Å². The van der Waals surface area contributed by atoms with Crippen LogP contribution in [0.25, 0.3) is 0 Å². The first-order valence-corrected chi connectivity index (χ1v) is 4.74. The molecule has 0 heterocycles. The molecule has 0 saturated heterocycles. The molecule has 2 rings (SSSR count). The second-order valence-corrected chi connectivity index (χ2v) is 3.89. The largest absolute Gasteiger partial charge is 0.328 e. The molecule has 0 unspecified atom stereocenters. The van der Waals surface area contributed by atoms with Crippen LogP contribution in [-0.2, 0) is 6.42 Å². The van der Waals surface area contributed by atoms with Crippen molar-refractivity contribution in [3.63, 3.8) is 0 Å². The van der Waals surface area contributed by atoms with Gasteiger partial charge in [-0.1, -0.05) is 18.2 Å². The highest BCUT2D eigenvalue weighted by molar-refractivity contribution is 5.85. The lowest BCUT2D eigenvalue weighted by molar-refractivity contribution is 0.262. The Balaban J connectivity index is 0.000000980. The van der Waals surface area contributed by atoms with Crippen molar-refractivity contribution in [1.82, 2.24) is 0 Å². The first-order valence-electron chi connectivity index (χ1n) is 4.74. The molecule has 1 aliphatic rings. The van der Waals surface area contributed by atoms with Crippen molar-refractivity contribution >= 4 is 12.4 Å². The zero-order chi connectivity index (χ0) is 9.26. The molecule has 78 valence electrons. The van der Waals surface area contributed by atoms with Crippen molar-refractivity contribution in [2.24, 2.45) is 11.7 Å². The summed E-state index contributed by atoms with van der Waals surface area (Å²) >= 11 is 0. The predicted molar refractivity (Wildman–Crippen MR) is 58.1 cm³/mol. The molecule has 1 fully saturated rings. The van der Waals surface area contributed by atoms with E-state index in [1.165, 1.54) is 6.07 Å². The van der Waals surface area contributed by atoms with Gasteiger partial charge in [-0.3, -0.25) is 0 Å². The fourth-order valence-corrected chi connectivity index (χ4v) is 1.93. The lowest BCUT2D eigenvalue weighted by Crippen LogP contribution is -2.37. The molecule has 1 aromatic carbocycles. The Bertz CT molecular complexity index is 297. The molecule has 0 atom stereocenters. The summed E-state index contributed by atoms with van der Waals surface area (Å²) in [6.45, 7) is 0. The highest BCUT2D eigenvalue weighted by Crippen LogP contribution is 2.29. The molecular formula is C11H15ClFN. The van der Waals surface area contributed by atoms with Crippen LogP contribution in [0.2, 0.25) is 0 Å². The SMILES string of the molecule is Cl.NC1CC(Cc2ccccc2F)C1. The average molecular weight is 216 g/mol. The van der Waals surface area contributed by atoms with Gasteiger partial charge in [0.05, 0.1) is 0 Å². The molecule has 1 nitrogen and oxygen atoms in total. The zero-order valence-corrected chi connectivity index (χ0v) is 8.77. The van der Waals surface area contributed by atoms with Gasteiger partial charge in [0.15, 0.2) is 0 Å². The summed E-state index contributed by atoms with van der Waals surface area (Å²) < 4.78 is 13.2. The second-order valence-electron chi connectivity index (χ2n) is 3.89. The van der Waals surface area contributed by atoms with Gasteiger partial charge in [0, 0.05) is 6.04 Å². The topological polar surface area (TPSA) is 26.0 Å². The highest BCUT2D eigenvalue weighted by Gasteiger charge is 2.26. The Hall–Kier alpha value is -0.600. The molecule has 3 heteroatoms. The third-order valence-corrected chi connectivity index (χ3v) is 2.74. The van der Waals surface area contributed by atoms with Gasteiger partial charge in [0.2, 0.25) is 0 Å². The molecule has 0 bridgehead atoms. The molecule has 0 aromatic heterocycles. The third-order valence-electron chi connectivity index (χ3n) is 2.74. The molecule has 1 saturated carbocycles. The minimum atomic E-state index is -0.0806. The van der Waals surface area contributed by atoms with E-state index in [1.807, 2.05) is 12.1 Å². The van der Waals surface area contributed by atoms with E-state index in [2.05, 4.69) is 0 Å². The first-order chi connectivity index (χ1) is 6.25. The number of nitrogens with two attached hydrogens (primary N) is 1. The lowest BCUT2D eigenvalue weighted by Gasteiger charge is -2.32. The van der Waals surface area contributed by atoms with Crippen molar-refractivity contribution in [2.45, 2.75) is 25.3 Å². The first kappa shape index (κ1) is 11.5. The van der Waals surface area contributed by atoms with Crippen molar-refractivity contribution in [1.29, 1.82) is 0 Å². The maximum atomic E-state index is 13.2. The maximum Gasteiger partial charge on any atom is 0.126 e. The number of hydrogen-bond acceptors (Lipinski definition) is 1. The van der Waals surface area contributed by atoms with E-state index < -0.39 is 0 Å². The average Bonchev–Trinajstić information content (AvgIpc) is 2.06. The molecule has 14 heavy (non-hydrogen) atoms. The molecular weight excluding hydrogens is 201 g/mol. The van der Waals surface area contributed by atoms with Crippen molar-refractivity contribution < 1.29 is 4.39 Å². The molecule has 1 aromatic rings. The summed E-state index contributed by atoms with van der Waals surface area (Å²) in [5, 5.41) is 0. The fourth-order valence-electron chi connectivity index (χ4n) is 1.93. The molecule has 0 radical (unpaired) electrons. The van der Waals surface area contributed by atoms with E-state index in [4.69, 9.17) is 5.73 Å². The maximum absolute atomic E-state index is 13.2. The number of benzene rings is 1. The molecule has 0 amide bonds. The number of halogens is 2. The minimum absolute atomic E-state index is 0. The molecule has 1 aliphatic carbocycles. The van der Waals surface area contributed by atoms with Gasteiger partial charge in [-0.2, -0.15) is 0 Å². The van der Waals surface area contributed by atoms with Gasteiger partial charge in [-0.25, -0.2) is 4.39 Å². The van der Waals surface area contributed by atoms with E-state index in [0.29, 0.717) is 12.0 Å². The van der Waals surface area contributed by atoms with Crippen LogP contribution in [-0.4, -0.2) is 6.04 Å². The van der Waals surface area contributed by atoms with Crippen molar-refractivity contribution in [3.8, 4) is 0 Å². The van der Waals surface area contributed by atoms with Crippen molar-refractivity contribution in [3.05, 3.63) is 35.6 Å². The number of rotatable bonds is 2. The van der Waals surface area contributed by atoms with Crippen LogP contribution < -0.4 is 5.73 Å². The van der Waals surface area contributed by atoms with Crippen LogP contribution in [0, 0.1) is 11.7 Å². The summed E-state index contributed by atoms with van der Waals surface area (Å²) in [5.41, 5.74) is 6.50. The second kappa shape index (κ2) is 4.76. The Morgan fingerprint density at radius 3 is 2.50 bits per heavy atom. The van der Waals surface area contributed by atoms with Gasteiger partial charge in [0.25, 0.3) is 0 Å². The molecule has 0 aliphatic heterocycles. The number of hydrogen-bond donors (Lipinski definition) is 1. The Kier molecular flexibility index (Phi) is 3.90. The smallest absolute Gasteiger partial charge is 0.126 e. The van der Waals surface area contributed by atoms with Gasteiger partial charge >= 0.3 is 0 Å². The van der Waals surface area contributed by atoms with Crippen LogP contribution >= 0.6 is 12.4 Å². The fraction of sp³-hybridized carbons (Fsp3) is 0.455. The standard InChI is InChI=1S/C11H14FN.ClH/c12-11-4-2-1-3-9(11)5-8-6-10(13)7-8;/h1-4,8,10H,5-7,13H2;1H. The van der Waals surface area contributed by atoms with Gasteiger partial charge < -0.3 is 5.73 Å². The van der Waals surface area contributed by atoms with Crippen LogP contribution in [0.15, 0.2) is 24.3 Å². The Morgan fingerprint density at radius 1 is 1.29 bits per heavy atom. The lowest BCUT2D eigenvalue weighted by atomic mass is 9.77. The summed E-state index contributed by atoms with van der Waals surface area (Å²) in [5.74, 6) is 0.523. The van der Waals surface area contributed by atoms with E-state index in [0.717, 1.165) is 24.8 Å². The highest BCUT2D eigenvalue weighted by atomic mass is 35.5. The van der Waals surface area contributed by atoms with Crippen LogP contribution in [0.3, 0.4) is 0 Å². The van der Waals surface area contributed by atoms with E-state index in [-0.39, 0.29) is 18.2 Å². The zero-order valence-electron chi connectivity index (χ0n) is 7.95. The van der Waals surface area contributed by atoms with Crippen LogP contribution in [0.1, 0.15) is 18.4 Å². The Labute approximate surface area is 89.9 Å². The third kappa shape index (κ3) is 2.46. The van der Waals surface area contributed by atoms with Crippen molar-refractivity contribution in [2.75, 3.05) is 0 Å².